The molecule has 0 saturated carbocycles. The van der Waals surface area contributed by atoms with E-state index in [0.29, 0.717) is 5.16 Å². The first-order valence-electron chi connectivity index (χ1n) is 5.77. The van der Waals surface area contributed by atoms with E-state index in [1.165, 1.54) is 30.2 Å². The summed E-state index contributed by atoms with van der Waals surface area (Å²) in [7, 11) is 4.54. The largest absolute Gasteiger partial charge is 0.480 e. The van der Waals surface area contributed by atoms with Gasteiger partial charge in [-0.2, -0.15) is 0 Å². The Kier molecular flexibility index (Phi) is 3.46. The molecule has 0 radical (unpaired) electrons. The molecule has 2 aromatic heterocycles. The maximum absolute atomic E-state index is 12.1. The average Bonchev–Trinajstić information content (AvgIpc) is 2.71. The van der Waals surface area contributed by atoms with E-state index in [4.69, 9.17) is 5.11 Å². The molecule has 1 unspecified atom stereocenters. The average molecular weight is 298 g/mol. The quantitative estimate of drug-likeness (QED) is 0.770. The van der Waals surface area contributed by atoms with Gasteiger partial charge in [-0.05, 0) is 6.92 Å². The van der Waals surface area contributed by atoms with Crippen molar-refractivity contribution in [3.63, 3.8) is 0 Å². The maximum Gasteiger partial charge on any atom is 0.332 e. The summed E-state index contributed by atoms with van der Waals surface area (Å²) in [6.07, 6.45) is 0. The number of aliphatic carboxylic acids is 1. The van der Waals surface area contributed by atoms with E-state index in [2.05, 4.69) is 4.98 Å². The molecule has 8 nitrogen and oxygen atoms in total. The van der Waals surface area contributed by atoms with Crippen LogP contribution in [0.5, 0.6) is 0 Å². The molecule has 0 spiro atoms. The molecular formula is C11H14N4O4S. The van der Waals surface area contributed by atoms with Crippen molar-refractivity contribution in [2.75, 3.05) is 0 Å². The summed E-state index contributed by atoms with van der Waals surface area (Å²) in [6, 6.07) is 0. The summed E-state index contributed by atoms with van der Waals surface area (Å²) in [5.74, 6) is -0.969. The summed E-state index contributed by atoms with van der Waals surface area (Å²) in [5.41, 5.74) is -0.397. The van der Waals surface area contributed by atoms with Crippen molar-refractivity contribution in [2.24, 2.45) is 21.1 Å². The van der Waals surface area contributed by atoms with Crippen LogP contribution in [-0.2, 0) is 25.9 Å². The zero-order chi connectivity index (χ0) is 15.2. The van der Waals surface area contributed by atoms with Crippen LogP contribution in [0.4, 0.5) is 0 Å². The lowest BCUT2D eigenvalue weighted by atomic mass is 10.5. The van der Waals surface area contributed by atoms with Crippen molar-refractivity contribution in [1.29, 1.82) is 0 Å². The van der Waals surface area contributed by atoms with E-state index >= 15 is 0 Å². The number of aryl methyl sites for hydroxylation is 2. The Hall–Kier alpha value is -2.03. The molecule has 0 aliphatic carbocycles. The van der Waals surface area contributed by atoms with Gasteiger partial charge in [0.05, 0.1) is 0 Å². The molecule has 0 amide bonds. The fourth-order valence-electron chi connectivity index (χ4n) is 1.81. The molecule has 0 fully saturated rings. The van der Waals surface area contributed by atoms with Crippen LogP contribution in [0.3, 0.4) is 0 Å². The minimum Gasteiger partial charge on any atom is -0.480 e. The first kappa shape index (κ1) is 14.4. The van der Waals surface area contributed by atoms with Crippen molar-refractivity contribution < 1.29 is 9.90 Å². The summed E-state index contributed by atoms with van der Waals surface area (Å²) >= 11 is 1.02. The number of fused-ring (bicyclic) bond motifs is 1. The Morgan fingerprint density at radius 3 is 2.35 bits per heavy atom. The number of nitrogens with zero attached hydrogens (tertiary/aromatic N) is 4. The number of aromatic nitrogens is 4. The van der Waals surface area contributed by atoms with Crippen molar-refractivity contribution >= 4 is 28.9 Å². The predicted octanol–water partition coefficient (Wildman–Crippen LogP) is -0.464. The lowest BCUT2D eigenvalue weighted by molar-refractivity contribution is -0.136. The van der Waals surface area contributed by atoms with Gasteiger partial charge in [-0.15, -0.1) is 0 Å². The number of carboxylic acid groups (broad SMARTS) is 1. The van der Waals surface area contributed by atoms with Crippen LogP contribution >= 0.6 is 11.8 Å². The minimum atomic E-state index is -0.969. The van der Waals surface area contributed by atoms with Crippen LogP contribution in [-0.4, -0.2) is 35.0 Å². The second kappa shape index (κ2) is 4.82. The maximum atomic E-state index is 12.1. The molecule has 20 heavy (non-hydrogen) atoms. The number of hydrogen-bond donors (Lipinski definition) is 1. The van der Waals surface area contributed by atoms with Crippen LogP contribution in [0, 0.1) is 0 Å². The van der Waals surface area contributed by atoms with Crippen LogP contribution < -0.4 is 11.2 Å². The van der Waals surface area contributed by atoms with E-state index in [-0.39, 0.29) is 11.2 Å². The van der Waals surface area contributed by atoms with Gasteiger partial charge in [0, 0.05) is 21.1 Å². The number of hydrogen-bond acceptors (Lipinski definition) is 5. The number of imidazole rings is 1. The van der Waals surface area contributed by atoms with E-state index in [9.17, 15) is 14.4 Å². The predicted molar refractivity (Wildman–Crippen MR) is 74.2 cm³/mol. The smallest absolute Gasteiger partial charge is 0.332 e. The highest BCUT2D eigenvalue weighted by atomic mass is 32.2. The molecular weight excluding hydrogens is 284 g/mol. The van der Waals surface area contributed by atoms with Gasteiger partial charge >= 0.3 is 11.7 Å². The summed E-state index contributed by atoms with van der Waals surface area (Å²) < 4.78 is 3.78. The van der Waals surface area contributed by atoms with Crippen LogP contribution in [0.25, 0.3) is 11.2 Å². The van der Waals surface area contributed by atoms with Gasteiger partial charge < -0.3 is 9.67 Å². The Morgan fingerprint density at radius 1 is 1.20 bits per heavy atom. The fourth-order valence-corrected chi connectivity index (χ4v) is 2.62. The van der Waals surface area contributed by atoms with Crippen molar-refractivity contribution in [1.82, 2.24) is 18.7 Å². The van der Waals surface area contributed by atoms with Gasteiger partial charge in [-0.25, -0.2) is 9.78 Å². The topological polar surface area (TPSA) is 99.1 Å². The number of carboxylic acids is 1. The van der Waals surface area contributed by atoms with Crippen molar-refractivity contribution in [3.05, 3.63) is 20.8 Å². The monoisotopic (exact) mass is 298 g/mol. The summed E-state index contributed by atoms with van der Waals surface area (Å²) in [5, 5.41) is 8.61. The SMILES string of the molecule is CC(Sc1nc2c(c(=O)n(C)c(=O)n2C)n1C)C(=O)O. The lowest BCUT2D eigenvalue weighted by Gasteiger charge is -2.05. The fraction of sp³-hybridized carbons (Fsp3) is 0.455. The third-order valence-corrected chi connectivity index (χ3v) is 4.20. The minimum absolute atomic E-state index is 0.251. The molecule has 2 heterocycles. The van der Waals surface area contributed by atoms with E-state index in [0.717, 1.165) is 16.3 Å². The van der Waals surface area contributed by atoms with E-state index in [1.807, 2.05) is 0 Å². The molecule has 1 atom stereocenters. The molecule has 0 aromatic carbocycles. The van der Waals surface area contributed by atoms with Gasteiger partial charge in [0.1, 0.15) is 5.25 Å². The van der Waals surface area contributed by atoms with E-state index in [1.54, 1.807) is 7.05 Å². The molecule has 9 heteroatoms. The van der Waals surface area contributed by atoms with Gasteiger partial charge in [0.15, 0.2) is 16.3 Å². The normalized spacial score (nSPS) is 12.8. The first-order chi connectivity index (χ1) is 9.25. The molecule has 2 rings (SSSR count). The Bertz CT molecular complexity index is 816. The Balaban J connectivity index is 2.74. The van der Waals surface area contributed by atoms with Crippen molar-refractivity contribution in [2.45, 2.75) is 17.3 Å². The molecule has 0 saturated heterocycles. The second-order valence-corrected chi connectivity index (χ2v) is 5.74. The molecule has 0 aliphatic rings. The highest BCUT2D eigenvalue weighted by molar-refractivity contribution is 8.00. The van der Waals surface area contributed by atoms with Gasteiger partial charge in [0.2, 0.25) is 0 Å². The second-order valence-electron chi connectivity index (χ2n) is 4.43. The van der Waals surface area contributed by atoms with Gasteiger partial charge in [-0.3, -0.25) is 18.7 Å². The zero-order valence-corrected chi connectivity index (χ0v) is 12.3. The Morgan fingerprint density at radius 2 is 1.80 bits per heavy atom. The van der Waals surface area contributed by atoms with Crippen molar-refractivity contribution in [3.8, 4) is 0 Å². The van der Waals surface area contributed by atoms with Crippen LogP contribution in [0.2, 0.25) is 0 Å². The molecule has 108 valence electrons. The van der Waals surface area contributed by atoms with Crippen LogP contribution in [0.15, 0.2) is 14.7 Å². The summed E-state index contributed by atoms with van der Waals surface area (Å²) in [6.45, 7) is 1.53. The molecule has 0 aliphatic heterocycles. The number of thioether (sulfide) groups is 1. The first-order valence-corrected chi connectivity index (χ1v) is 6.65. The summed E-state index contributed by atoms with van der Waals surface area (Å²) in [4.78, 5) is 39.1. The number of carbonyl (C=O) groups is 1. The van der Waals surface area contributed by atoms with Gasteiger partial charge in [-0.1, -0.05) is 11.8 Å². The van der Waals surface area contributed by atoms with E-state index < -0.39 is 22.5 Å². The molecule has 1 N–H and O–H groups in total. The van der Waals surface area contributed by atoms with Gasteiger partial charge in [0.25, 0.3) is 5.56 Å². The number of rotatable bonds is 3. The highest BCUT2D eigenvalue weighted by Gasteiger charge is 2.21. The highest BCUT2D eigenvalue weighted by Crippen LogP contribution is 2.24. The Labute approximate surface area is 117 Å². The zero-order valence-electron chi connectivity index (χ0n) is 11.4. The lowest BCUT2D eigenvalue weighted by Crippen LogP contribution is -2.37. The third kappa shape index (κ3) is 2.03. The third-order valence-electron chi connectivity index (χ3n) is 3.06. The standard InChI is InChI=1S/C11H14N4O4S/c1-5(9(17)18)20-10-12-7-6(13(10)2)8(16)15(4)11(19)14(7)3/h5H,1-4H3,(H,17,18). The molecule has 0 bridgehead atoms. The van der Waals surface area contributed by atoms with Crippen LogP contribution in [0.1, 0.15) is 6.92 Å². The molecule has 2 aromatic rings.